The first-order valence-corrected chi connectivity index (χ1v) is 5.65. The molecule has 0 atom stereocenters. The van der Waals surface area contributed by atoms with Gasteiger partial charge >= 0.3 is 0 Å². The third-order valence-electron chi connectivity index (χ3n) is 2.37. The highest BCUT2D eigenvalue weighted by atomic mass is 16.5. The molecule has 90 valence electrons. The Morgan fingerprint density at radius 1 is 1.29 bits per heavy atom. The maximum absolute atomic E-state index is 11.3. The molecule has 1 fully saturated rings. The van der Waals surface area contributed by atoms with Gasteiger partial charge in [-0.3, -0.25) is 10.2 Å². The molecule has 2 rings (SSSR count). The van der Waals surface area contributed by atoms with Crippen LogP contribution in [0.1, 0.15) is 19.4 Å². The number of nitrogens with one attached hydrogen (secondary N) is 2. The lowest BCUT2D eigenvalue weighted by molar-refractivity contribution is -0.116. The molecule has 0 aromatic heterocycles. The Bertz CT molecular complexity index is 435. The molecule has 2 N–H and O–H groups in total. The highest BCUT2D eigenvalue weighted by Gasteiger charge is 2.14. The van der Waals surface area contributed by atoms with Crippen LogP contribution < -0.4 is 15.6 Å². The van der Waals surface area contributed by atoms with Gasteiger partial charge in [0.15, 0.2) is 0 Å². The lowest BCUT2D eigenvalue weighted by Crippen LogP contribution is -2.25. The summed E-state index contributed by atoms with van der Waals surface area (Å²) in [5.41, 5.74) is 7.07. The number of carbonyl (C=O) groups excluding carboxylic acids is 1. The van der Waals surface area contributed by atoms with Gasteiger partial charge in [0.2, 0.25) is 0 Å². The van der Waals surface area contributed by atoms with Crippen molar-refractivity contribution in [1.29, 1.82) is 0 Å². The van der Waals surface area contributed by atoms with Crippen LogP contribution in [0, 0.1) is 0 Å². The van der Waals surface area contributed by atoms with Crippen molar-refractivity contribution in [2.24, 2.45) is 0 Å². The lowest BCUT2D eigenvalue weighted by Gasteiger charge is -2.09. The second-order valence-electron chi connectivity index (χ2n) is 4.21. The number of rotatable bonds is 3. The maximum Gasteiger partial charge on any atom is 0.262 e. The molecule has 0 aliphatic carbocycles. The Hall–Kier alpha value is -1.81. The van der Waals surface area contributed by atoms with Crippen LogP contribution in [0.2, 0.25) is 0 Å². The molecular weight excluding hydrogens is 216 g/mol. The summed E-state index contributed by atoms with van der Waals surface area (Å²) in [7, 11) is 0. The van der Waals surface area contributed by atoms with E-state index in [1.807, 2.05) is 44.2 Å². The van der Waals surface area contributed by atoms with E-state index in [4.69, 9.17) is 4.74 Å². The highest BCUT2D eigenvalue weighted by Crippen LogP contribution is 2.16. The largest absolute Gasteiger partial charge is 0.491 e. The third kappa shape index (κ3) is 3.07. The predicted octanol–water partition coefficient (Wildman–Crippen LogP) is 1.49. The van der Waals surface area contributed by atoms with Gasteiger partial charge in [0.1, 0.15) is 5.75 Å². The van der Waals surface area contributed by atoms with E-state index >= 15 is 0 Å². The molecule has 1 heterocycles. The summed E-state index contributed by atoms with van der Waals surface area (Å²) in [5.74, 6) is 0.781. The smallest absolute Gasteiger partial charge is 0.262 e. The summed E-state index contributed by atoms with van der Waals surface area (Å²) in [6.45, 7) is 4.54. The summed E-state index contributed by atoms with van der Waals surface area (Å²) in [4.78, 5) is 11.3. The van der Waals surface area contributed by atoms with Gasteiger partial charge in [0.25, 0.3) is 5.91 Å². The molecule has 0 bridgehead atoms. The van der Waals surface area contributed by atoms with Crippen molar-refractivity contribution >= 4 is 12.0 Å². The molecule has 1 aromatic rings. The van der Waals surface area contributed by atoms with E-state index in [0.29, 0.717) is 6.54 Å². The van der Waals surface area contributed by atoms with Crippen LogP contribution in [-0.4, -0.2) is 18.6 Å². The molecule has 1 aromatic carbocycles. The minimum Gasteiger partial charge on any atom is -0.491 e. The van der Waals surface area contributed by atoms with Crippen molar-refractivity contribution in [3.63, 3.8) is 0 Å². The summed E-state index contributed by atoms with van der Waals surface area (Å²) < 4.78 is 5.55. The number of hydrazine groups is 1. The van der Waals surface area contributed by atoms with Gasteiger partial charge in [-0.2, -0.15) is 0 Å². The van der Waals surface area contributed by atoms with Crippen LogP contribution in [-0.2, 0) is 4.79 Å². The second-order valence-corrected chi connectivity index (χ2v) is 4.21. The topological polar surface area (TPSA) is 50.4 Å². The van der Waals surface area contributed by atoms with E-state index in [1.165, 1.54) is 0 Å². The van der Waals surface area contributed by atoms with Gasteiger partial charge in [-0.15, -0.1) is 0 Å². The van der Waals surface area contributed by atoms with E-state index in [0.717, 1.165) is 16.9 Å². The zero-order valence-corrected chi connectivity index (χ0v) is 9.99. The standard InChI is InChI=1S/C13H16N2O2/c1-9(2)17-12-5-3-10(4-6-12)7-11-8-14-15-13(11)16/h3-7,9,14H,8H2,1-2H3,(H,15,16)/b11-7+. The van der Waals surface area contributed by atoms with Crippen LogP contribution in [0.3, 0.4) is 0 Å². The molecule has 0 radical (unpaired) electrons. The number of amides is 1. The summed E-state index contributed by atoms with van der Waals surface area (Å²) in [6, 6.07) is 7.70. The van der Waals surface area contributed by atoms with Crippen LogP contribution in [0.15, 0.2) is 29.8 Å². The number of carbonyl (C=O) groups is 1. The van der Waals surface area contributed by atoms with Gasteiger partial charge < -0.3 is 4.74 Å². The summed E-state index contributed by atoms with van der Waals surface area (Å²) >= 11 is 0. The predicted molar refractivity (Wildman–Crippen MR) is 66.3 cm³/mol. The lowest BCUT2D eigenvalue weighted by atomic mass is 10.1. The Balaban J connectivity index is 2.10. The Labute approximate surface area is 101 Å². The molecule has 17 heavy (non-hydrogen) atoms. The molecule has 4 nitrogen and oxygen atoms in total. The second kappa shape index (κ2) is 5.01. The van der Waals surface area contributed by atoms with Crippen molar-refractivity contribution in [3.05, 3.63) is 35.4 Å². The van der Waals surface area contributed by atoms with Crippen molar-refractivity contribution in [2.45, 2.75) is 20.0 Å². The highest BCUT2D eigenvalue weighted by molar-refractivity contribution is 5.99. The van der Waals surface area contributed by atoms with Gasteiger partial charge in [0.05, 0.1) is 6.10 Å². The first kappa shape index (κ1) is 11.7. The van der Waals surface area contributed by atoms with Crippen LogP contribution in [0.4, 0.5) is 0 Å². The van der Waals surface area contributed by atoms with E-state index in [1.54, 1.807) is 0 Å². The van der Waals surface area contributed by atoms with Gasteiger partial charge in [-0.25, -0.2) is 5.43 Å². The Kier molecular flexibility index (Phi) is 3.44. The first-order chi connectivity index (χ1) is 8.15. The van der Waals surface area contributed by atoms with E-state index in [-0.39, 0.29) is 12.0 Å². The molecule has 1 aliphatic heterocycles. The van der Waals surface area contributed by atoms with E-state index < -0.39 is 0 Å². The fourth-order valence-corrected chi connectivity index (χ4v) is 1.61. The molecule has 1 aliphatic rings. The fraction of sp³-hybridized carbons (Fsp3) is 0.308. The quantitative estimate of drug-likeness (QED) is 0.776. The molecule has 4 heteroatoms. The van der Waals surface area contributed by atoms with E-state index in [2.05, 4.69) is 10.9 Å². The Morgan fingerprint density at radius 3 is 2.53 bits per heavy atom. The molecule has 0 unspecified atom stereocenters. The summed E-state index contributed by atoms with van der Waals surface area (Å²) in [5, 5.41) is 0. The average Bonchev–Trinajstić information content (AvgIpc) is 2.67. The van der Waals surface area contributed by atoms with Gasteiger partial charge in [-0.1, -0.05) is 12.1 Å². The third-order valence-corrected chi connectivity index (χ3v) is 2.37. The van der Waals surface area contributed by atoms with Crippen molar-refractivity contribution in [1.82, 2.24) is 10.9 Å². The Morgan fingerprint density at radius 2 is 2.00 bits per heavy atom. The zero-order chi connectivity index (χ0) is 12.3. The van der Waals surface area contributed by atoms with Crippen molar-refractivity contribution in [3.8, 4) is 5.75 Å². The fourth-order valence-electron chi connectivity index (χ4n) is 1.61. The molecular formula is C13H16N2O2. The van der Waals surface area contributed by atoms with Crippen molar-refractivity contribution < 1.29 is 9.53 Å². The number of hydrogen-bond donors (Lipinski definition) is 2. The van der Waals surface area contributed by atoms with Gasteiger partial charge in [-0.05, 0) is 37.6 Å². The monoisotopic (exact) mass is 232 g/mol. The molecule has 1 amide bonds. The minimum atomic E-state index is -0.0625. The maximum atomic E-state index is 11.3. The minimum absolute atomic E-state index is 0.0625. The molecule has 0 saturated carbocycles. The van der Waals surface area contributed by atoms with Crippen LogP contribution >= 0.6 is 0 Å². The number of benzene rings is 1. The molecule has 0 spiro atoms. The normalized spacial score (nSPS) is 17.6. The SMILES string of the molecule is CC(C)Oc1ccc(/C=C2\CNNC2=O)cc1. The molecule has 1 saturated heterocycles. The number of hydrogen-bond acceptors (Lipinski definition) is 3. The zero-order valence-electron chi connectivity index (χ0n) is 9.99. The average molecular weight is 232 g/mol. The first-order valence-electron chi connectivity index (χ1n) is 5.65. The summed E-state index contributed by atoms with van der Waals surface area (Å²) in [6.07, 6.45) is 2.04. The van der Waals surface area contributed by atoms with E-state index in [9.17, 15) is 4.79 Å². The number of ether oxygens (including phenoxy) is 1. The van der Waals surface area contributed by atoms with Gasteiger partial charge in [0, 0.05) is 12.1 Å². The van der Waals surface area contributed by atoms with Crippen LogP contribution in [0.5, 0.6) is 5.75 Å². The van der Waals surface area contributed by atoms with Crippen molar-refractivity contribution in [2.75, 3.05) is 6.54 Å². The van der Waals surface area contributed by atoms with Crippen LogP contribution in [0.25, 0.3) is 6.08 Å².